The highest BCUT2D eigenvalue weighted by Gasteiger charge is 2.31. The van der Waals surface area contributed by atoms with Crippen LogP contribution in [0.5, 0.6) is 5.75 Å². The number of amides is 1. The van der Waals surface area contributed by atoms with Crippen LogP contribution in [0.3, 0.4) is 0 Å². The Balaban J connectivity index is 1.62. The van der Waals surface area contributed by atoms with E-state index in [1.54, 1.807) is 0 Å². The van der Waals surface area contributed by atoms with E-state index in [1.165, 1.54) is 0 Å². The average Bonchev–Trinajstić information content (AvgIpc) is 3.42. The zero-order chi connectivity index (χ0) is 23.8. The molecule has 1 aromatic carbocycles. The summed E-state index contributed by atoms with van der Waals surface area (Å²) >= 11 is 6.57. The maximum Gasteiger partial charge on any atom is 0.237 e. The zero-order valence-electron chi connectivity index (χ0n) is 19.6. The minimum absolute atomic E-state index is 0.0954. The molecule has 1 aromatic heterocycles. The van der Waals surface area contributed by atoms with Gasteiger partial charge in [-0.1, -0.05) is 24.6 Å². The molecule has 2 atom stereocenters. The van der Waals surface area contributed by atoms with Gasteiger partial charge in [-0.05, 0) is 49.1 Å². The van der Waals surface area contributed by atoms with Crippen molar-refractivity contribution in [2.24, 2.45) is 0 Å². The molecule has 0 aliphatic carbocycles. The van der Waals surface area contributed by atoms with Crippen LogP contribution in [0.15, 0.2) is 46.8 Å². The Morgan fingerprint density at radius 3 is 2.91 bits per heavy atom. The van der Waals surface area contributed by atoms with Crippen LogP contribution in [0.25, 0.3) is 0 Å². The number of benzene rings is 1. The molecule has 34 heavy (non-hydrogen) atoms. The lowest BCUT2D eigenvalue weighted by atomic mass is 10.0. The lowest BCUT2D eigenvalue weighted by Gasteiger charge is -2.35. The molecule has 1 amide bonds. The number of ether oxygens (including phenoxy) is 1. The standard InChI is InChI=1S/C26H28ClN5O2/c1-3-22(27)20-10-17(2)34-24-11-18(4-5-19(24)12-28)23-6-7-25-29-13-21(32(23)25)15-30-8-9-31(14-20)26(33)16-30/h4-5,10-11,13,23H,3,6-9,14-16H2,1-2H3/b17-10+,22-20-. The van der Waals surface area contributed by atoms with E-state index in [2.05, 4.69) is 20.5 Å². The molecule has 6 rings (SSSR count). The molecule has 4 bridgehead atoms. The van der Waals surface area contributed by atoms with Gasteiger partial charge in [0.05, 0.1) is 23.8 Å². The number of piperazine rings is 1. The van der Waals surface area contributed by atoms with Crippen molar-refractivity contribution in [1.82, 2.24) is 19.4 Å². The fraction of sp³-hybridized carbons (Fsp3) is 0.423. The van der Waals surface area contributed by atoms with E-state index >= 15 is 0 Å². The third-order valence-corrected chi connectivity index (χ3v) is 7.38. The number of nitriles is 1. The van der Waals surface area contributed by atoms with Crippen molar-refractivity contribution in [3.05, 3.63) is 69.5 Å². The highest BCUT2D eigenvalue weighted by molar-refractivity contribution is 6.30. The summed E-state index contributed by atoms with van der Waals surface area (Å²) in [5.74, 6) is 2.32. The highest BCUT2D eigenvalue weighted by Crippen LogP contribution is 2.36. The van der Waals surface area contributed by atoms with Crippen molar-refractivity contribution in [1.29, 1.82) is 5.26 Å². The Morgan fingerprint density at radius 1 is 1.29 bits per heavy atom. The summed E-state index contributed by atoms with van der Waals surface area (Å²) in [7, 11) is 0. The summed E-state index contributed by atoms with van der Waals surface area (Å²) in [6.07, 6.45) is 6.35. The number of rotatable bonds is 1. The topological polar surface area (TPSA) is 74.4 Å². The largest absolute Gasteiger partial charge is 0.461 e. The Morgan fingerprint density at radius 2 is 2.15 bits per heavy atom. The molecule has 0 saturated carbocycles. The van der Waals surface area contributed by atoms with Crippen LogP contribution < -0.4 is 4.74 Å². The normalized spacial score (nSPS) is 25.3. The van der Waals surface area contributed by atoms with Crippen LogP contribution in [-0.4, -0.2) is 51.4 Å². The number of aryl methyl sites for hydroxylation is 1. The van der Waals surface area contributed by atoms with Crippen molar-refractivity contribution in [2.45, 2.75) is 45.7 Å². The Bertz CT molecular complexity index is 1240. The van der Waals surface area contributed by atoms with E-state index < -0.39 is 0 Å². The number of nitrogens with zero attached hydrogens (tertiary/aromatic N) is 5. The average molecular weight is 478 g/mol. The minimum Gasteiger partial charge on any atom is -0.461 e. The first-order valence-corrected chi connectivity index (χ1v) is 12.2. The van der Waals surface area contributed by atoms with Crippen molar-refractivity contribution < 1.29 is 9.53 Å². The molecule has 0 N–H and O–H groups in total. The fourth-order valence-corrected chi connectivity index (χ4v) is 5.25. The van der Waals surface area contributed by atoms with E-state index in [9.17, 15) is 10.1 Å². The lowest BCUT2D eigenvalue weighted by molar-refractivity contribution is -0.135. The second-order valence-electron chi connectivity index (χ2n) is 9.12. The van der Waals surface area contributed by atoms with Crippen LogP contribution in [0.4, 0.5) is 0 Å². The number of imidazole rings is 1. The van der Waals surface area contributed by atoms with Gasteiger partial charge in [-0.3, -0.25) is 9.69 Å². The quantitative estimate of drug-likeness (QED) is 0.617. The van der Waals surface area contributed by atoms with Gasteiger partial charge < -0.3 is 14.2 Å². The fourth-order valence-electron chi connectivity index (χ4n) is 5.13. The number of carbonyl (C=O) groups is 1. The van der Waals surface area contributed by atoms with Gasteiger partial charge in [0, 0.05) is 43.8 Å². The third kappa shape index (κ3) is 4.24. The number of allylic oxidation sites excluding steroid dienone is 2. The molecule has 1 saturated heterocycles. The Kier molecular flexibility index (Phi) is 6.20. The van der Waals surface area contributed by atoms with E-state index in [-0.39, 0.29) is 11.9 Å². The van der Waals surface area contributed by atoms with E-state index in [0.717, 1.165) is 42.0 Å². The molecule has 7 nitrogen and oxygen atoms in total. The Hall–Kier alpha value is -3.08. The Labute approximate surface area is 204 Å². The van der Waals surface area contributed by atoms with Gasteiger partial charge in [-0.25, -0.2) is 4.98 Å². The smallest absolute Gasteiger partial charge is 0.237 e. The molecule has 8 heteroatoms. The number of hydrogen-bond acceptors (Lipinski definition) is 5. The molecular weight excluding hydrogens is 450 g/mol. The van der Waals surface area contributed by atoms with Crippen molar-refractivity contribution in [3.63, 3.8) is 0 Å². The molecule has 0 spiro atoms. The maximum atomic E-state index is 13.0. The first-order chi connectivity index (χ1) is 16.5. The third-order valence-electron chi connectivity index (χ3n) is 6.87. The minimum atomic E-state index is 0.0954. The number of fused-ring (bicyclic) bond motifs is 5. The van der Waals surface area contributed by atoms with Crippen LogP contribution in [0, 0.1) is 11.3 Å². The van der Waals surface area contributed by atoms with Gasteiger partial charge in [0.15, 0.2) is 0 Å². The summed E-state index contributed by atoms with van der Waals surface area (Å²) in [5.41, 5.74) is 3.56. The van der Waals surface area contributed by atoms with Gasteiger partial charge in [0.1, 0.15) is 23.4 Å². The second kappa shape index (κ2) is 9.28. The number of halogens is 1. The van der Waals surface area contributed by atoms with Gasteiger partial charge in [0.2, 0.25) is 5.91 Å². The monoisotopic (exact) mass is 477 g/mol. The molecule has 2 aromatic rings. The predicted octanol–water partition coefficient (Wildman–Crippen LogP) is 4.13. The van der Waals surface area contributed by atoms with E-state index in [4.69, 9.17) is 16.3 Å². The summed E-state index contributed by atoms with van der Waals surface area (Å²) < 4.78 is 8.50. The summed E-state index contributed by atoms with van der Waals surface area (Å²) in [6.45, 7) is 6.80. The number of aromatic nitrogens is 2. The lowest BCUT2D eigenvalue weighted by Crippen LogP contribution is -2.50. The molecule has 2 unspecified atom stereocenters. The SMILES string of the molecule is CC/C(Cl)=C1\C=C(/C)Oc2cc(ccc2C#N)C2CCc3ncc(n32)CN2CCN(C1)C(=O)C2. The molecule has 4 aliphatic heterocycles. The van der Waals surface area contributed by atoms with Gasteiger partial charge >= 0.3 is 0 Å². The first kappa shape index (κ1) is 22.7. The number of carbonyl (C=O) groups excluding carboxylic acids is 1. The molecular formula is C26H28ClN5O2. The van der Waals surface area contributed by atoms with Gasteiger partial charge in [-0.15, -0.1) is 0 Å². The predicted molar refractivity (Wildman–Crippen MR) is 129 cm³/mol. The van der Waals surface area contributed by atoms with Gasteiger partial charge in [0.25, 0.3) is 0 Å². The van der Waals surface area contributed by atoms with E-state index in [1.807, 2.05) is 49.2 Å². The van der Waals surface area contributed by atoms with Crippen molar-refractivity contribution in [2.75, 3.05) is 26.2 Å². The van der Waals surface area contributed by atoms with E-state index in [0.29, 0.717) is 54.7 Å². The van der Waals surface area contributed by atoms with Crippen molar-refractivity contribution in [3.8, 4) is 11.8 Å². The molecule has 5 heterocycles. The first-order valence-electron chi connectivity index (χ1n) is 11.8. The molecule has 0 radical (unpaired) electrons. The summed E-state index contributed by atoms with van der Waals surface area (Å²) in [4.78, 5) is 21.8. The summed E-state index contributed by atoms with van der Waals surface area (Å²) in [6, 6.07) is 8.20. The zero-order valence-corrected chi connectivity index (χ0v) is 20.3. The van der Waals surface area contributed by atoms with Crippen LogP contribution in [0.2, 0.25) is 0 Å². The number of hydrogen-bond donors (Lipinski definition) is 0. The highest BCUT2D eigenvalue weighted by atomic mass is 35.5. The summed E-state index contributed by atoms with van der Waals surface area (Å²) in [5, 5.41) is 10.4. The molecule has 1 fully saturated rings. The van der Waals surface area contributed by atoms with Crippen molar-refractivity contribution >= 4 is 17.5 Å². The van der Waals surface area contributed by atoms with Gasteiger partial charge in [-0.2, -0.15) is 5.26 Å². The van der Waals surface area contributed by atoms with Crippen LogP contribution >= 0.6 is 11.6 Å². The maximum absolute atomic E-state index is 13.0. The second-order valence-corrected chi connectivity index (χ2v) is 9.58. The molecule has 176 valence electrons. The molecule has 4 aliphatic rings. The van der Waals surface area contributed by atoms with Crippen LogP contribution in [0.1, 0.15) is 55.4 Å². The van der Waals surface area contributed by atoms with Crippen LogP contribution in [-0.2, 0) is 17.8 Å².